The van der Waals surface area contributed by atoms with Crippen molar-refractivity contribution in [3.05, 3.63) is 40.4 Å². The first kappa shape index (κ1) is 21.4. The third kappa shape index (κ3) is 5.83. The molecule has 1 aromatic carbocycles. The molecule has 1 aromatic heterocycles. The molecule has 2 aromatic rings. The molecule has 3 rings (SSSR count). The van der Waals surface area contributed by atoms with Crippen molar-refractivity contribution in [3.8, 4) is 5.75 Å². The van der Waals surface area contributed by atoms with Crippen molar-refractivity contribution in [3.63, 3.8) is 0 Å². The van der Waals surface area contributed by atoms with Gasteiger partial charge in [-0.2, -0.15) is 5.10 Å². The Balaban J connectivity index is 1.67. The third-order valence-electron chi connectivity index (χ3n) is 4.60. The first-order valence-corrected chi connectivity index (χ1v) is 10.4. The van der Waals surface area contributed by atoms with Crippen LogP contribution >= 0.6 is 11.6 Å². The number of aryl methyl sites for hydroxylation is 1. The maximum Gasteiger partial charge on any atom is 0.191 e. The molecule has 2 heterocycles. The minimum Gasteiger partial charge on any atom is -0.493 e. The van der Waals surface area contributed by atoms with Crippen LogP contribution in [0.15, 0.2) is 23.2 Å². The maximum atomic E-state index is 6.09. The zero-order valence-electron chi connectivity index (χ0n) is 17.2. The molecule has 0 aliphatic carbocycles. The predicted octanol–water partition coefficient (Wildman–Crippen LogP) is 2.55. The Morgan fingerprint density at radius 3 is 3.00 bits per heavy atom. The largest absolute Gasteiger partial charge is 0.493 e. The molecule has 29 heavy (non-hydrogen) atoms. The second-order valence-corrected chi connectivity index (χ2v) is 7.26. The van der Waals surface area contributed by atoms with Gasteiger partial charge in [-0.05, 0) is 32.4 Å². The van der Waals surface area contributed by atoms with Crippen LogP contribution in [0.2, 0.25) is 5.02 Å². The van der Waals surface area contributed by atoms with Gasteiger partial charge in [0.15, 0.2) is 11.8 Å². The molecule has 0 amide bonds. The standard InChI is InChI=1S/C20H29ClN6O2/c1-4-22-20(23-11-14-6-7-15(21)10-17(14)29-5-2)24-16-8-9-19-25-18(13-28-3)26-27(19)12-16/h6-7,10,16H,4-5,8-9,11-13H2,1-3H3,(H2,22,23,24). The summed E-state index contributed by atoms with van der Waals surface area (Å²) in [7, 11) is 1.65. The number of aromatic nitrogens is 3. The molecule has 2 N–H and O–H groups in total. The van der Waals surface area contributed by atoms with E-state index in [9.17, 15) is 0 Å². The van der Waals surface area contributed by atoms with E-state index in [1.807, 2.05) is 29.8 Å². The number of hydrogen-bond acceptors (Lipinski definition) is 5. The van der Waals surface area contributed by atoms with E-state index in [2.05, 4.69) is 27.6 Å². The van der Waals surface area contributed by atoms with E-state index in [0.29, 0.717) is 24.8 Å². The van der Waals surface area contributed by atoms with E-state index >= 15 is 0 Å². The SMILES string of the molecule is CCNC(=NCc1ccc(Cl)cc1OCC)NC1CCc2nc(COC)nn2C1. The fourth-order valence-electron chi connectivity index (χ4n) is 3.30. The smallest absolute Gasteiger partial charge is 0.191 e. The average Bonchev–Trinajstić information content (AvgIpc) is 3.09. The Morgan fingerprint density at radius 1 is 1.38 bits per heavy atom. The van der Waals surface area contributed by atoms with Gasteiger partial charge in [0.25, 0.3) is 0 Å². The highest BCUT2D eigenvalue weighted by Gasteiger charge is 2.22. The molecular formula is C20H29ClN6O2. The molecule has 1 aliphatic heterocycles. The summed E-state index contributed by atoms with van der Waals surface area (Å²) >= 11 is 6.09. The molecule has 8 nitrogen and oxygen atoms in total. The lowest BCUT2D eigenvalue weighted by Gasteiger charge is -2.25. The number of hydrogen-bond donors (Lipinski definition) is 2. The van der Waals surface area contributed by atoms with Gasteiger partial charge in [0.1, 0.15) is 18.2 Å². The van der Waals surface area contributed by atoms with Gasteiger partial charge in [-0.3, -0.25) is 0 Å². The number of aliphatic imine (C=N–C) groups is 1. The molecular weight excluding hydrogens is 392 g/mol. The molecule has 0 bridgehead atoms. The van der Waals surface area contributed by atoms with Gasteiger partial charge in [-0.1, -0.05) is 17.7 Å². The molecule has 0 radical (unpaired) electrons. The van der Waals surface area contributed by atoms with Crippen molar-refractivity contribution >= 4 is 17.6 Å². The summed E-state index contributed by atoms with van der Waals surface area (Å²) in [5.41, 5.74) is 1.000. The van der Waals surface area contributed by atoms with Crippen LogP contribution in [-0.4, -0.2) is 47.0 Å². The van der Waals surface area contributed by atoms with Crippen molar-refractivity contribution in [2.75, 3.05) is 20.3 Å². The van der Waals surface area contributed by atoms with Crippen LogP contribution < -0.4 is 15.4 Å². The molecule has 0 saturated carbocycles. The summed E-state index contributed by atoms with van der Waals surface area (Å²) in [4.78, 5) is 9.28. The van der Waals surface area contributed by atoms with Crippen molar-refractivity contribution in [2.24, 2.45) is 4.99 Å². The molecule has 1 aliphatic rings. The lowest BCUT2D eigenvalue weighted by molar-refractivity contribution is 0.177. The predicted molar refractivity (Wildman–Crippen MR) is 113 cm³/mol. The summed E-state index contributed by atoms with van der Waals surface area (Å²) in [5.74, 6) is 3.29. The molecule has 158 valence electrons. The second-order valence-electron chi connectivity index (χ2n) is 6.82. The number of methoxy groups -OCH3 is 1. The number of ether oxygens (including phenoxy) is 2. The van der Waals surface area contributed by atoms with Gasteiger partial charge in [-0.25, -0.2) is 14.7 Å². The molecule has 1 atom stereocenters. The number of rotatable bonds is 8. The molecule has 0 saturated heterocycles. The molecule has 0 fully saturated rings. The van der Waals surface area contributed by atoms with Gasteiger partial charge in [0, 0.05) is 36.7 Å². The second kappa shape index (κ2) is 10.5. The number of fused-ring (bicyclic) bond motifs is 1. The summed E-state index contributed by atoms with van der Waals surface area (Å²) in [6, 6.07) is 5.88. The first-order valence-electron chi connectivity index (χ1n) is 10.0. The van der Waals surface area contributed by atoms with Gasteiger partial charge in [0.05, 0.1) is 19.7 Å². The van der Waals surface area contributed by atoms with Crippen LogP contribution in [0.3, 0.4) is 0 Å². The third-order valence-corrected chi connectivity index (χ3v) is 4.83. The highest BCUT2D eigenvalue weighted by molar-refractivity contribution is 6.30. The summed E-state index contributed by atoms with van der Waals surface area (Å²) in [6.07, 6.45) is 1.85. The number of nitrogens with zero attached hydrogens (tertiary/aromatic N) is 4. The monoisotopic (exact) mass is 420 g/mol. The van der Waals surface area contributed by atoms with E-state index in [1.54, 1.807) is 7.11 Å². The van der Waals surface area contributed by atoms with Crippen LogP contribution in [0.25, 0.3) is 0 Å². The minimum atomic E-state index is 0.231. The van der Waals surface area contributed by atoms with Gasteiger partial charge in [-0.15, -0.1) is 0 Å². The first-order chi connectivity index (χ1) is 14.1. The van der Waals surface area contributed by atoms with E-state index in [-0.39, 0.29) is 6.04 Å². The number of nitrogens with one attached hydrogen (secondary N) is 2. The van der Waals surface area contributed by atoms with Crippen molar-refractivity contribution in [2.45, 2.75) is 52.4 Å². The van der Waals surface area contributed by atoms with Crippen molar-refractivity contribution in [1.29, 1.82) is 0 Å². The number of benzene rings is 1. The summed E-state index contributed by atoms with van der Waals surface area (Å²) < 4.78 is 12.8. The van der Waals surface area contributed by atoms with Crippen LogP contribution in [-0.2, 0) is 30.9 Å². The highest BCUT2D eigenvalue weighted by Crippen LogP contribution is 2.24. The topological polar surface area (TPSA) is 85.6 Å². The Hall–Kier alpha value is -2.32. The molecule has 9 heteroatoms. The Kier molecular flexibility index (Phi) is 7.71. The fourth-order valence-corrected chi connectivity index (χ4v) is 3.46. The summed E-state index contributed by atoms with van der Waals surface area (Å²) in [5, 5.41) is 12.0. The van der Waals surface area contributed by atoms with Crippen molar-refractivity contribution < 1.29 is 9.47 Å². The quantitative estimate of drug-likeness (QED) is 0.504. The van der Waals surface area contributed by atoms with Crippen molar-refractivity contribution in [1.82, 2.24) is 25.4 Å². The Bertz CT molecular complexity index is 838. The number of guanidine groups is 1. The van der Waals surface area contributed by atoms with E-state index in [4.69, 9.17) is 26.1 Å². The van der Waals surface area contributed by atoms with Gasteiger partial charge in [0.2, 0.25) is 0 Å². The summed E-state index contributed by atoms with van der Waals surface area (Å²) in [6.45, 7) is 7.07. The normalized spacial score (nSPS) is 16.4. The molecule has 1 unspecified atom stereocenters. The van der Waals surface area contributed by atoms with Crippen LogP contribution in [0, 0.1) is 0 Å². The average molecular weight is 421 g/mol. The lowest BCUT2D eigenvalue weighted by atomic mass is 10.1. The Morgan fingerprint density at radius 2 is 2.24 bits per heavy atom. The van der Waals surface area contributed by atoms with Crippen LogP contribution in [0.1, 0.15) is 37.5 Å². The van der Waals surface area contributed by atoms with E-state index in [0.717, 1.165) is 54.9 Å². The van der Waals surface area contributed by atoms with Gasteiger partial charge >= 0.3 is 0 Å². The Labute approximate surface area is 176 Å². The van der Waals surface area contributed by atoms with E-state index in [1.165, 1.54) is 0 Å². The zero-order chi connectivity index (χ0) is 20.6. The zero-order valence-corrected chi connectivity index (χ0v) is 18.0. The number of halogens is 1. The highest BCUT2D eigenvalue weighted by atomic mass is 35.5. The molecule has 0 spiro atoms. The van der Waals surface area contributed by atoms with Crippen LogP contribution in [0.4, 0.5) is 0 Å². The fraction of sp³-hybridized carbons (Fsp3) is 0.550. The van der Waals surface area contributed by atoms with Gasteiger partial charge < -0.3 is 20.1 Å². The van der Waals surface area contributed by atoms with E-state index < -0.39 is 0 Å². The van der Waals surface area contributed by atoms with Crippen LogP contribution in [0.5, 0.6) is 5.75 Å². The lowest BCUT2D eigenvalue weighted by Crippen LogP contribution is -2.47. The maximum absolute atomic E-state index is 6.09. The minimum absolute atomic E-state index is 0.231.